The zero-order valence-electron chi connectivity index (χ0n) is 51.6. The minimum Gasteiger partial charge on any atom is -0.456 e. The number of para-hydroxylation sites is 4. The molecule has 0 radical (unpaired) electrons. The first-order chi connectivity index (χ1) is 47.0. The summed E-state index contributed by atoms with van der Waals surface area (Å²) in [5.74, 6) is 5.63. The first-order valence-corrected chi connectivity index (χ1v) is 32.2. The van der Waals surface area contributed by atoms with Gasteiger partial charge in [0, 0.05) is 78.7 Å². The summed E-state index contributed by atoms with van der Waals surface area (Å²) in [5.41, 5.74) is 20.2. The maximum absolute atomic E-state index is 6.92. The Morgan fingerprint density at radius 3 is 1.03 bits per heavy atom. The second kappa shape index (κ2) is 23.1. The first kappa shape index (κ1) is 55.4. The highest BCUT2D eigenvalue weighted by atomic mass is 16.3. The van der Waals surface area contributed by atoms with Gasteiger partial charge in [-0.1, -0.05) is 237 Å². The fraction of sp³-hybridized carbons (Fsp3) is 0.0588. The third-order valence-electron chi connectivity index (χ3n) is 18.8. The van der Waals surface area contributed by atoms with E-state index in [4.69, 9.17) is 38.7 Å². The number of furan rings is 2. The number of benzene rings is 11. The van der Waals surface area contributed by atoms with Crippen LogP contribution in [0.15, 0.2) is 306 Å². The van der Waals surface area contributed by atoms with Crippen molar-refractivity contribution >= 4 is 56.8 Å². The van der Waals surface area contributed by atoms with Gasteiger partial charge in [-0.25, -0.2) is 29.9 Å². The second-order valence-electron chi connectivity index (χ2n) is 24.5. The van der Waals surface area contributed by atoms with Crippen molar-refractivity contribution < 1.29 is 8.83 Å². The summed E-state index contributed by atoms with van der Waals surface area (Å²) in [7, 11) is 0. The molecule has 0 saturated heterocycles. The molecule has 95 heavy (non-hydrogen) atoms. The van der Waals surface area contributed by atoms with Crippen LogP contribution in [0.4, 0.5) is 22.7 Å². The van der Waals surface area contributed by atoms with Gasteiger partial charge in [0.15, 0.2) is 34.9 Å². The number of hydrogen-bond donors (Lipinski definition) is 0. The average Bonchev–Trinajstić information content (AvgIpc) is 1.57. The van der Waals surface area contributed by atoms with Gasteiger partial charge in [0.2, 0.25) is 0 Å². The van der Waals surface area contributed by atoms with Crippen LogP contribution < -0.4 is 9.80 Å². The maximum atomic E-state index is 6.92. The van der Waals surface area contributed by atoms with Crippen molar-refractivity contribution in [3.05, 3.63) is 337 Å². The summed E-state index contributed by atoms with van der Waals surface area (Å²) in [6, 6.07) is 98.8. The lowest BCUT2D eigenvalue weighted by Crippen LogP contribution is -2.30. The highest BCUT2D eigenvalue weighted by Gasteiger charge is 2.45. The molecule has 0 fully saturated rings. The number of nitrogens with zero attached hydrogens (tertiary/aromatic N) is 8. The fourth-order valence-corrected chi connectivity index (χ4v) is 14.6. The molecule has 0 saturated carbocycles. The largest absolute Gasteiger partial charge is 0.456 e. The molecule has 4 aromatic heterocycles. The van der Waals surface area contributed by atoms with Crippen molar-refractivity contribution in [3.8, 4) is 79.5 Å². The Kier molecular flexibility index (Phi) is 13.5. The number of rotatable bonds is 9. The van der Waals surface area contributed by atoms with E-state index in [0.717, 1.165) is 83.5 Å². The molecule has 2 aliphatic heterocycles. The number of fused-ring (bicyclic) bond motifs is 14. The van der Waals surface area contributed by atoms with Gasteiger partial charge < -0.3 is 18.6 Å². The van der Waals surface area contributed by atoms with E-state index in [1.165, 1.54) is 45.0 Å². The summed E-state index contributed by atoms with van der Waals surface area (Å²) in [6.07, 6.45) is 8.89. The predicted octanol–water partition coefficient (Wildman–Crippen LogP) is 20.6. The lowest BCUT2D eigenvalue weighted by Gasteiger charge is -2.30. The van der Waals surface area contributed by atoms with Crippen LogP contribution in [0.2, 0.25) is 0 Å². The molecule has 0 bridgehead atoms. The summed E-state index contributed by atoms with van der Waals surface area (Å²) < 4.78 is 13.7. The Labute approximate surface area is 549 Å². The Morgan fingerprint density at radius 2 is 0.632 bits per heavy atom. The van der Waals surface area contributed by atoms with E-state index >= 15 is 0 Å². The van der Waals surface area contributed by atoms with Gasteiger partial charge in [-0.3, -0.25) is 0 Å². The van der Waals surface area contributed by atoms with Crippen LogP contribution in [0.25, 0.3) is 114 Å². The van der Waals surface area contributed by atoms with E-state index in [1.54, 1.807) is 0 Å². The molecule has 0 N–H and O–H groups in total. The quantitative estimate of drug-likeness (QED) is 0.139. The molecule has 10 heteroatoms. The third kappa shape index (κ3) is 9.64. The number of anilines is 4. The molecular weight excluding hydrogens is 1160 g/mol. The Bertz CT molecular complexity index is 5350. The number of aryl methyl sites for hydroxylation is 1. The van der Waals surface area contributed by atoms with Crippen molar-refractivity contribution in [2.75, 3.05) is 9.80 Å². The molecule has 10 nitrogen and oxygen atoms in total. The molecule has 15 aromatic rings. The molecule has 6 heterocycles. The molecule has 4 atom stereocenters. The van der Waals surface area contributed by atoms with Crippen LogP contribution in [0.1, 0.15) is 51.2 Å². The highest BCUT2D eigenvalue weighted by molar-refractivity contribution is 6.02. The molecule has 19 rings (SSSR count). The van der Waals surface area contributed by atoms with Gasteiger partial charge >= 0.3 is 0 Å². The molecule has 11 aromatic carbocycles. The van der Waals surface area contributed by atoms with Gasteiger partial charge in [0.1, 0.15) is 22.7 Å². The molecule has 4 aliphatic rings. The van der Waals surface area contributed by atoms with E-state index in [-0.39, 0.29) is 23.9 Å². The highest BCUT2D eigenvalue weighted by Crippen LogP contribution is 2.56. The molecule has 4 unspecified atom stereocenters. The minimum atomic E-state index is 0.0737. The smallest absolute Gasteiger partial charge is 0.167 e. The molecule has 2 aliphatic carbocycles. The van der Waals surface area contributed by atoms with Gasteiger partial charge in [0.25, 0.3) is 0 Å². The first-order valence-electron chi connectivity index (χ1n) is 32.2. The molecule has 0 spiro atoms. The molecule has 450 valence electrons. The van der Waals surface area contributed by atoms with Gasteiger partial charge in [0.05, 0.1) is 23.2 Å². The second-order valence-corrected chi connectivity index (χ2v) is 24.5. The standard InChI is InChI=1S/C45H30N4O.C40H28N4O/c1-5-15-29(16-6-1)32-27-35-41-39(26-25-38-40(41)34-23-13-14-24-37(34)49(38)33-21-11-4-12-22-33)50-42(35)36(28-32)45-47-43(30-17-7-2-8-18-30)46-44(48-45)31-19-9-3-10-20-31;1-25-23-30-36-34(22-21-33-35(36)29-19-11-12-20-32(29)44(33)28-17-9-4-10-18-28)45-37(30)31(24-25)40-42-38(26-13-5-2-6-14-26)41-39(43-40)27-15-7-3-8-16-27/h1-28,38,40H;2-24,33,35H,1H3. The number of aromatic nitrogens is 6. The van der Waals surface area contributed by atoms with E-state index in [0.29, 0.717) is 34.9 Å². The fourth-order valence-electron chi connectivity index (χ4n) is 14.6. The Morgan fingerprint density at radius 1 is 0.305 bits per heavy atom. The van der Waals surface area contributed by atoms with Crippen LogP contribution in [-0.4, -0.2) is 42.0 Å². The Balaban J connectivity index is 0.000000140. The average molecular weight is 1220 g/mol. The summed E-state index contributed by atoms with van der Waals surface area (Å²) in [6.45, 7) is 2.13. The van der Waals surface area contributed by atoms with Crippen LogP contribution in [0, 0.1) is 6.92 Å². The van der Waals surface area contributed by atoms with E-state index in [1.807, 2.05) is 121 Å². The summed E-state index contributed by atoms with van der Waals surface area (Å²) in [4.78, 5) is 35.1. The Hall–Kier alpha value is -12.4. The van der Waals surface area contributed by atoms with Crippen molar-refractivity contribution in [1.29, 1.82) is 0 Å². The van der Waals surface area contributed by atoms with Crippen molar-refractivity contribution in [3.63, 3.8) is 0 Å². The van der Waals surface area contributed by atoms with Crippen molar-refractivity contribution in [1.82, 2.24) is 29.9 Å². The van der Waals surface area contributed by atoms with Gasteiger partial charge in [-0.05, 0) is 108 Å². The van der Waals surface area contributed by atoms with E-state index < -0.39 is 0 Å². The van der Waals surface area contributed by atoms with E-state index in [2.05, 4.69) is 205 Å². The predicted molar refractivity (Wildman–Crippen MR) is 381 cm³/mol. The third-order valence-corrected chi connectivity index (χ3v) is 18.8. The van der Waals surface area contributed by atoms with Crippen molar-refractivity contribution in [2.45, 2.75) is 30.8 Å². The number of hydrogen-bond acceptors (Lipinski definition) is 10. The van der Waals surface area contributed by atoms with Gasteiger partial charge in [-0.15, -0.1) is 0 Å². The maximum Gasteiger partial charge on any atom is 0.167 e. The van der Waals surface area contributed by atoms with E-state index in [9.17, 15) is 0 Å². The zero-order chi connectivity index (χ0) is 62.9. The van der Waals surface area contributed by atoms with Crippen LogP contribution in [0.3, 0.4) is 0 Å². The van der Waals surface area contributed by atoms with Gasteiger partial charge in [-0.2, -0.15) is 0 Å². The van der Waals surface area contributed by atoms with Crippen LogP contribution >= 0.6 is 0 Å². The topological polar surface area (TPSA) is 110 Å². The monoisotopic (exact) mass is 1220 g/mol. The summed E-state index contributed by atoms with van der Waals surface area (Å²) >= 11 is 0. The lowest BCUT2D eigenvalue weighted by atomic mass is 9.82. The molecular formula is C85H58N8O2. The normalized spacial score (nSPS) is 16.1. The van der Waals surface area contributed by atoms with Crippen LogP contribution in [0.5, 0.6) is 0 Å². The van der Waals surface area contributed by atoms with Crippen LogP contribution in [-0.2, 0) is 0 Å². The van der Waals surface area contributed by atoms with Crippen molar-refractivity contribution in [2.24, 2.45) is 0 Å². The minimum absolute atomic E-state index is 0.0737. The molecule has 0 amide bonds. The lowest BCUT2D eigenvalue weighted by molar-refractivity contribution is 0.584. The summed E-state index contributed by atoms with van der Waals surface area (Å²) in [5, 5.41) is 2.18. The zero-order valence-corrected chi connectivity index (χ0v) is 51.6. The SMILES string of the molecule is C1=CC2C(c3ccccc3N2c2ccccc2)c2c1oc1c(-c3nc(-c4ccccc4)nc(-c4ccccc4)n3)cc(-c3ccccc3)cc21.Cc1cc(-c2nc(-c3ccccc3)nc(-c3ccccc3)n2)c2oc3c(c2c1)C1c2ccccc2N(c2ccccc2)C1C=C3.